The molecule has 0 unspecified atom stereocenters. The quantitative estimate of drug-likeness (QED) is 0.562. The van der Waals surface area contributed by atoms with Crippen LogP contribution in [0.15, 0.2) is 48.5 Å². The first kappa shape index (κ1) is 19.6. The van der Waals surface area contributed by atoms with Gasteiger partial charge in [0.1, 0.15) is 11.6 Å². The summed E-state index contributed by atoms with van der Waals surface area (Å²) in [5, 5.41) is 6.43. The van der Waals surface area contributed by atoms with E-state index in [0.29, 0.717) is 17.5 Å². The van der Waals surface area contributed by atoms with Crippen molar-refractivity contribution in [2.45, 2.75) is 27.7 Å². The predicted molar refractivity (Wildman–Crippen MR) is 114 cm³/mol. The van der Waals surface area contributed by atoms with Crippen LogP contribution >= 0.6 is 0 Å². The van der Waals surface area contributed by atoms with Crippen molar-refractivity contribution in [3.63, 3.8) is 0 Å². The van der Waals surface area contributed by atoms with Crippen molar-refractivity contribution in [1.29, 1.82) is 0 Å². The van der Waals surface area contributed by atoms with E-state index in [1.54, 1.807) is 12.1 Å². The van der Waals surface area contributed by atoms with Crippen LogP contribution in [-0.2, 0) is 0 Å². The van der Waals surface area contributed by atoms with E-state index in [2.05, 4.69) is 58.4 Å². The maximum absolute atomic E-state index is 13.4. The van der Waals surface area contributed by atoms with Gasteiger partial charge in [-0.15, -0.1) is 0 Å². The molecule has 0 amide bonds. The summed E-state index contributed by atoms with van der Waals surface area (Å²) in [5.74, 6) is 0.814. The number of nitrogens with one attached hydrogen (secondary N) is 2. The smallest absolute Gasteiger partial charge is 0.229 e. The fraction of sp³-hybridized carbons (Fsp3) is 0.273. The Morgan fingerprint density at radius 1 is 0.929 bits per heavy atom. The molecule has 28 heavy (non-hydrogen) atoms. The van der Waals surface area contributed by atoms with E-state index in [9.17, 15) is 4.39 Å². The summed E-state index contributed by atoms with van der Waals surface area (Å²) < 4.78 is 13.4. The molecule has 1 heterocycles. The molecule has 0 saturated carbocycles. The first-order chi connectivity index (χ1) is 13.5. The largest absolute Gasteiger partial charge is 0.372 e. The van der Waals surface area contributed by atoms with Gasteiger partial charge in [0.25, 0.3) is 0 Å². The van der Waals surface area contributed by atoms with Gasteiger partial charge < -0.3 is 15.5 Å². The summed E-state index contributed by atoms with van der Waals surface area (Å²) in [6, 6.07) is 14.4. The van der Waals surface area contributed by atoms with Crippen molar-refractivity contribution < 1.29 is 4.39 Å². The highest BCUT2D eigenvalue weighted by Gasteiger charge is 2.08. The fourth-order valence-corrected chi connectivity index (χ4v) is 3.10. The summed E-state index contributed by atoms with van der Waals surface area (Å²) in [4.78, 5) is 11.3. The molecule has 0 aliphatic carbocycles. The van der Waals surface area contributed by atoms with Crippen LogP contribution in [0.2, 0.25) is 0 Å². The number of nitrogens with zero attached hydrogens (tertiary/aromatic N) is 3. The Bertz CT molecular complexity index is 953. The third-order valence-electron chi connectivity index (χ3n) is 4.54. The Kier molecular flexibility index (Phi) is 6.09. The van der Waals surface area contributed by atoms with E-state index in [-0.39, 0.29) is 5.82 Å². The fourth-order valence-electron chi connectivity index (χ4n) is 3.10. The van der Waals surface area contributed by atoms with Crippen molar-refractivity contribution in [3.8, 4) is 0 Å². The molecule has 0 saturated heterocycles. The average molecular weight is 379 g/mol. The zero-order valence-electron chi connectivity index (χ0n) is 16.8. The molecule has 0 aliphatic heterocycles. The van der Waals surface area contributed by atoms with Gasteiger partial charge >= 0.3 is 0 Å². The third kappa shape index (κ3) is 4.76. The molecule has 2 N–H and O–H groups in total. The molecule has 2 aromatic carbocycles. The molecule has 0 fully saturated rings. The van der Waals surface area contributed by atoms with Gasteiger partial charge in [0.15, 0.2) is 0 Å². The summed E-state index contributed by atoms with van der Waals surface area (Å²) in [6.07, 6.45) is 0. The SMILES string of the molecule is CCN(CC)c1ccc(Nc2nc(C)cc(Nc3cccc(F)c3)n2)c(C)c1. The second-order valence-corrected chi connectivity index (χ2v) is 6.65. The lowest BCUT2D eigenvalue weighted by Gasteiger charge is -2.22. The van der Waals surface area contributed by atoms with Gasteiger partial charge in [0, 0.05) is 41.9 Å². The van der Waals surface area contributed by atoms with Gasteiger partial charge in [0.2, 0.25) is 5.95 Å². The molecule has 5 nitrogen and oxygen atoms in total. The Labute approximate surface area is 165 Å². The van der Waals surface area contributed by atoms with Crippen LogP contribution in [0.3, 0.4) is 0 Å². The van der Waals surface area contributed by atoms with Crippen LogP contribution in [-0.4, -0.2) is 23.1 Å². The summed E-state index contributed by atoms with van der Waals surface area (Å²) >= 11 is 0. The number of hydrogen-bond acceptors (Lipinski definition) is 5. The normalized spacial score (nSPS) is 10.6. The van der Waals surface area contributed by atoms with Gasteiger partial charge in [-0.1, -0.05) is 6.07 Å². The molecule has 0 aliphatic rings. The third-order valence-corrected chi connectivity index (χ3v) is 4.54. The van der Waals surface area contributed by atoms with Gasteiger partial charge in [-0.05, 0) is 69.7 Å². The number of aromatic nitrogens is 2. The lowest BCUT2D eigenvalue weighted by atomic mass is 10.1. The number of anilines is 5. The number of aryl methyl sites for hydroxylation is 2. The van der Waals surface area contributed by atoms with Crippen molar-refractivity contribution in [3.05, 3.63) is 65.6 Å². The average Bonchev–Trinajstić information content (AvgIpc) is 2.64. The van der Waals surface area contributed by atoms with Crippen LogP contribution in [0, 0.1) is 19.7 Å². The molecular weight excluding hydrogens is 353 g/mol. The Hall–Kier alpha value is -3.15. The first-order valence-corrected chi connectivity index (χ1v) is 9.49. The second kappa shape index (κ2) is 8.69. The molecule has 0 radical (unpaired) electrons. The monoisotopic (exact) mass is 379 g/mol. The van der Waals surface area contributed by atoms with Gasteiger partial charge in [-0.3, -0.25) is 0 Å². The first-order valence-electron chi connectivity index (χ1n) is 9.49. The van der Waals surface area contributed by atoms with Crippen molar-refractivity contribution >= 4 is 28.8 Å². The molecule has 0 bridgehead atoms. The lowest BCUT2D eigenvalue weighted by Crippen LogP contribution is -2.21. The van der Waals surface area contributed by atoms with E-state index in [1.165, 1.54) is 17.8 Å². The van der Waals surface area contributed by atoms with Gasteiger partial charge in [-0.25, -0.2) is 9.37 Å². The number of hydrogen-bond donors (Lipinski definition) is 2. The topological polar surface area (TPSA) is 53.1 Å². The second-order valence-electron chi connectivity index (χ2n) is 6.65. The van der Waals surface area contributed by atoms with E-state index >= 15 is 0 Å². The zero-order valence-corrected chi connectivity index (χ0v) is 16.8. The van der Waals surface area contributed by atoms with Crippen LogP contribution in [0.5, 0.6) is 0 Å². The van der Waals surface area contributed by atoms with E-state index in [1.807, 2.05) is 19.1 Å². The molecule has 3 rings (SSSR count). The number of halogens is 1. The van der Waals surface area contributed by atoms with Gasteiger partial charge in [-0.2, -0.15) is 4.98 Å². The van der Waals surface area contributed by atoms with E-state index in [0.717, 1.165) is 30.0 Å². The standard InChI is InChI=1S/C22H26FN5/c1-5-28(6-2)19-10-11-20(15(3)12-19)26-22-24-16(4)13-21(27-22)25-18-9-7-8-17(23)14-18/h7-14H,5-6H2,1-4H3,(H2,24,25,26,27). The zero-order chi connectivity index (χ0) is 20.1. The molecule has 1 aromatic heterocycles. The highest BCUT2D eigenvalue weighted by atomic mass is 19.1. The van der Waals surface area contributed by atoms with Crippen LogP contribution in [0.1, 0.15) is 25.1 Å². The van der Waals surface area contributed by atoms with E-state index in [4.69, 9.17) is 0 Å². The van der Waals surface area contributed by atoms with Crippen LogP contribution < -0.4 is 15.5 Å². The molecule has 0 spiro atoms. The number of rotatable bonds is 7. The summed E-state index contributed by atoms with van der Waals surface area (Å²) in [5.41, 5.74) is 4.73. The van der Waals surface area contributed by atoms with Gasteiger partial charge in [0.05, 0.1) is 0 Å². The minimum Gasteiger partial charge on any atom is -0.372 e. The lowest BCUT2D eigenvalue weighted by molar-refractivity contribution is 0.628. The predicted octanol–water partition coefficient (Wildman–Crippen LogP) is 5.57. The summed E-state index contributed by atoms with van der Waals surface area (Å²) in [7, 11) is 0. The molecule has 3 aromatic rings. The van der Waals surface area contributed by atoms with Crippen molar-refractivity contribution in [2.75, 3.05) is 28.6 Å². The molecular formula is C22H26FN5. The minimum absolute atomic E-state index is 0.293. The minimum atomic E-state index is -0.293. The number of benzene rings is 2. The highest BCUT2D eigenvalue weighted by Crippen LogP contribution is 2.25. The Balaban J connectivity index is 1.82. The van der Waals surface area contributed by atoms with Crippen LogP contribution in [0.25, 0.3) is 0 Å². The molecule has 146 valence electrons. The van der Waals surface area contributed by atoms with E-state index < -0.39 is 0 Å². The molecule has 6 heteroatoms. The Morgan fingerprint density at radius 3 is 2.39 bits per heavy atom. The van der Waals surface area contributed by atoms with Crippen molar-refractivity contribution in [1.82, 2.24) is 9.97 Å². The maximum Gasteiger partial charge on any atom is 0.229 e. The maximum atomic E-state index is 13.4. The van der Waals surface area contributed by atoms with Crippen molar-refractivity contribution in [2.24, 2.45) is 0 Å². The summed E-state index contributed by atoms with van der Waals surface area (Å²) in [6.45, 7) is 10.2. The Morgan fingerprint density at radius 2 is 1.71 bits per heavy atom. The van der Waals surface area contributed by atoms with Crippen LogP contribution in [0.4, 0.5) is 33.2 Å². The highest BCUT2D eigenvalue weighted by molar-refractivity contribution is 5.65. The molecule has 0 atom stereocenters.